The summed E-state index contributed by atoms with van der Waals surface area (Å²) in [5, 5.41) is 3.40. The van der Waals surface area contributed by atoms with Gasteiger partial charge in [0.05, 0.1) is 6.04 Å². The normalized spacial score (nSPS) is 11.8. The lowest BCUT2D eigenvalue weighted by Crippen LogP contribution is -2.28. The molecule has 0 saturated carbocycles. The molecule has 1 atom stereocenters. The van der Waals surface area contributed by atoms with E-state index in [1.54, 1.807) is 0 Å². The van der Waals surface area contributed by atoms with Crippen LogP contribution in [0, 0.1) is 0 Å². The van der Waals surface area contributed by atoms with Gasteiger partial charge in [-0.25, -0.2) is 0 Å². The molecule has 0 aliphatic rings. The third-order valence-electron chi connectivity index (χ3n) is 3.81. The molecule has 0 aliphatic heterocycles. The maximum Gasteiger partial charge on any atom is 0.184 e. The first-order chi connectivity index (χ1) is 11.3. The summed E-state index contributed by atoms with van der Waals surface area (Å²) in [5.74, 6) is 0.0905. The number of carbonyl (C=O) groups excluding carboxylic acids is 1. The summed E-state index contributed by atoms with van der Waals surface area (Å²) in [7, 11) is 0. The van der Waals surface area contributed by atoms with Crippen molar-refractivity contribution in [2.45, 2.75) is 12.6 Å². The van der Waals surface area contributed by atoms with Gasteiger partial charge in [0, 0.05) is 12.1 Å². The summed E-state index contributed by atoms with van der Waals surface area (Å²) in [6.07, 6.45) is 0. The molecule has 3 aromatic rings. The molecule has 23 heavy (non-hydrogen) atoms. The van der Waals surface area contributed by atoms with Gasteiger partial charge in [-0.15, -0.1) is 0 Å². The lowest BCUT2D eigenvalue weighted by atomic mass is 9.97. The second-order valence-corrected chi connectivity index (χ2v) is 5.44. The molecule has 0 aliphatic carbocycles. The van der Waals surface area contributed by atoms with E-state index in [-0.39, 0.29) is 11.8 Å². The molecule has 114 valence electrons. The quantitative estimate of drug-likeness (QED) is 0.684. The average Bonchev–Trinajstić information content (AvgIpc) is 2.64. The maximum atomic E-state index is 12.9. The number of ketones is 1. The Hall–Kier alpha value is -2.71. The van der Waals surface area contributed by atoms with Gasteiger partial charge in [-0.1, -0.05) is 91.0 Å². The Kier molecular flexibility index (Phi) is 4.97. The van der Waals surface area contributed by atoms with Crippen molar-refractivity contribution in [1.82, 2.24) is 5.32 Å². The highest BCUT2D eigenvalue weighted by Crippen LogP contribution is 2.19. The Morgan fingerprint density at radius 2 is 1.26 bits per heavy atom. The predicted molar refractivity (Wildman–Crippen MR) is 93.2 cm³/mol. The molecular weight excluding hydrogens is 282 g/mol. The topological polar surface area (TPSA) is 29.1 Å². The molecule has 0 heterocycles. The summed E-state index contributed by atoms with van der Waals surface area (Å²) in [6.45, 7) is 0.652. The van der Waals surface area contributed by atoms with Gasteiger partial charge in [0.2, 0.25) is 0 Å². The first-order valence-corrected chi connectivity index (χ1v) is 7.76. The van der Waals surface area contributed by atoms with E-state index in [1.165, 1.54) is 0 Å². The molecule has 0 aromatic heterocycles. The van der Waals surface area contributed by atoms with Crippen LogP contribution in [0.15, 0.2) is 91.0 Å². The van der Waals surface area contributed by atoms with Crippen LogP contribution in [-0.4, -0.2) is 5.78 Å². The molecule has 0 radical (unpaired) electrons. The third kappa shape index (κ3) is 3.93. The van der Waals surface area contributed by atoms with Crippen LogP contribution in [0.2, 0.25) is 0 Å². The molecule has 1 N–H and O–H groups in total. The molecule has 3 rings (SSSR count). The van der Waals surface area contributed by atoms with Crippen LogP contribution in [0.3, 0.4) is 0 Å². The average molecular weight is 301 g/mol. The van der Waals surface area contributed by atoms with Crippen molar-refractivity contribution in [1.29, 1.82) is 0 Å². The molecule has 0 spiro atoms. The Labute approximate surface area is 136 Å². The Morgan fingerprint density at radius 1 is 0.739 bits per heavy atom. The number of benzene rings is 3. The zero-order valence-electron chi connectivity index (χ0n) is 12.9. The molecule has 0 bridgehead atoms. The first-order valence-electron chi connectivity index (χ1n) is 7.76. The summed E-state index contributed by atoms with van der Waals surface area (Å²) in [4.78, 5) is 12.9. The smallest absolute Gasteiger partial charge is 0.184 e. The van der Waals surface area contributed by atoms with E-state index in [9.17, 15) is 4.79 Å². The highest BCUT2D eigenvalue weighted by Gasteiger charge is 2.21. The zero-order chi connectivity index (χ0) is 15.9. The van der Waals surface area contributed by atoms with Gasteiger partial charge in [-0.3, -0.25) is 10.1 Å². The van der Waals surface area contributed by atoms with Crippen molar-refractivity contribution in [2.24, 2.45) is 0 Å². The van der Waals surface area contributed by atoms with Crippen LogP contribution in [0.1, 0.15) is 27.5 Å². The Bertz CT molecular complexity index is 739. The van der Waals surface area contributed by atoms with E-state index in [0.29, 0.717) is 6.54 Å². The van der Waals surface area contributed by atoms with Crippen molar-refractivity contribution < 1.29 is 4.79 Å². The molecular formula is C21H19NO. The maximum absolute atomic E-state index is 12.9. The van der Waals surface area contributed by atoms with Gasteiger partial charge in [0.15, 0.2) is 5.78 Å². The molecule has 0 saturated heterocycles. The molecule has 0 fully saturated rings. The van der Waals surface area contributed by atoms with E-state index in [0.717, 1.165) is 16.7 Å². The fraction of sp³-hybridized carbons (Fsp3) is 0.0952. The molecule has 3 aromatic carbocycles. The molecule has 2 nitrogen and oxygen atoms in total. The lowest BCUT2D eigenvalue weighted by Gasteiger charge is -2.18. The van der Waals surface area contributed by atoms with Crippen LogP contribution in [0.25, 0.3) is 0 Å². The van der Waals surface area contributed by atoms with Gasteiger partial charge in [0.1, 0.15) is 0 Å². The predicted octanol–water partition coefficient (Wildman–Crippen LogP) is 4.40. The van der Waals surface area contributed by atoms with Gasteiger partial charge >= 0.3 is 0 Å². The monoisotopic (exact) mass is 301 g/mol. The number of Topliss-reactive ketones (excluding diaryl/α,β-unsaturated/α-hetero) is 1. The largest absolute Gasteiger partial charge is 0.299 e. The molecule has 0 amide bonds. The fourth-order valence-electron chi connectivity index (χ4n) is 2.59. The van der Waals surface area contributed by atoms with Crippen LogP contribution in [0.5, 0.6) is 0 Å². The minimum absolute atomic E-state index is 0.0905. The highest BCUT2D eigenvalue weighted by atomic mass is 16.1. The number of nitrogens with one attached hydrogen (secondary N) is 1. The SMILES string of the molecule is O=C(c1ccccc1)[C@H](NCc1ccccc1)c1ccccc1. The van der Waals surface area contributed by atoms with Gasteiger partial charge in [0.25, 0.3) is 0 Å². The van der Waals surface area contributed by atoms with Crippen molar-refractivity contribution in [3.05, 3.63) is 108 Å². The van der Waals surface area contributed by atoms with Crippen LogP contribution >= 0.6 is 0 Å². The minimum atomic E-state index is -0.348. The third-order valence-corrected chi connectivity index (χ3v) is 3.81. The summed E-state index contributed by atoms with van der Waals surface area (Å²) < 4.78 is 0. The van der Waals surface area contributed by atoms with Crippen molar-refractivity contribution in [3.63, 3.8) is 0 Å². The Balaban J connectivity index is 1.84. The van der Waals surface area contributed by atoms with E-state index in [4.69, 9.17) is 0 Å². The molecule has 2 heteroatoms. The molecule has 0 unspecified atom stereocenters. The number of hydrogen-bond acceptors (Lipinski definition) is 2. The van der Waals surface area contributed by atoms with Gasteiger partial charge in [-0.05, 0) is 11.1 Å². The van der Waals surface area contributed by atoms with Crippen molar-refractivity contribution in [3.8, 4) is 0 Å². The van der Waals surface area contributed by atoms with Crippen molar-refractivity contribution in [2.75, 3.05) is 0 Å². The van der Waals surface area contributed by atoms with E-state index < -0.39 is 0 Å². The second kappa shape index (κ2) is 7.52. The standard InChI is InChI=1S/C21H19NO/c23-21(19-14-8-3-9-15-19)20(18-12-6-2-7-13-18)22-16-17-10-4-1-5-11-17/h1-15,20,22H,16H2/t20-/m1/s1. The van der Waals surface area contributed by atoms with Gasteiger partial charge < -0.3 is 0 Å². The summed E-state index contributed by atoms with van der Waals surface area (Å²) in [5.41, 5.74) is 2.87. The van der Waals surface area contributed by atoms with Crippen LogP contribution in [0.4, 0.5) is 0 Å². The second-order valence-electron chi connectivity index (χ2n) is 5.44. The fourth-order valence-corrected chi connectivity index (χ4v) is 2.59. The minimum Gasteiger partial charge on any atom is -0.299 e. The number of hydrogen-bond donors (Lipinski definition) is 1. The summed E-state index contributed by atoms with van der Waals surface area (Å²) in [6, 6.07) is 29.1. The van der Waals surface area contributed by atoms with E-state index in [2.05, 4.69) is 17.4 Å². The summed E-state index contributed by atoms with van der Waals surface area (Å²) >= 11 is 0. The highest BCUT2D eigenvalue weighted by molar-refractivity contribution is 6.00. The van der Waals surface area contributed by atoms with E-state index >= 15 is 0 Å². The van der Waals surface area contributed by atoms with Crippen molar-refractivity contribution >= 4 is 5.78 Å². The lowest BCUT2D eigenvalue weighted by molar-refractivity contribution is 0.0942. The zero-order valence-corrected chi connectivity index (χ0v) is 12.9. The van der Waals surface area contributed by atoms with E-state index in [1.807, 2.05) is 78.9 Å². The van der Waals surface area contributed by atoms with Crippen LogP contribution in [-0.2, 0) is 6.54 Å². The Morgan fingerprint density at radius 3 is 1.87 bits per heavy atom. The number of rotatable bonds is 6. The van der Waals surface area contributed by atoms with Gasteiger partial charge in [-0.2, -0.15) is 0 Å². The first kappa shape index (κ1) is 15.2. The number of carbonyl (C=O) groups is 1. The van der Waals surface area contributed by atoms with Crippen LogP contribution < -0.4 is 5.32 Å².